The van der Waals surface area contributed by atoms with E-state index in [2.05, 4.69) is 28.6 Å². The average molecular weight is 295 g/mol. The van der Waals surface area contributed by atoms with Gasteiger partial charge in [0.2, 0.25) is 0 Å². The van der Waals surface area contributed by atoms with E-state index in [4.69, 9.17) is 0 Å². The summed E-state index contributed by atoms with van der Waals surface area (Å²) >= 11 is 0. The van der Waals surface area contributed by atoms with E-state index in [1.165, 1.54) is 5.56 Å². The summed E-state index contributed by atoms with van der Waals surface area (Å²) in [5.74, 6) is 0.974. The van der Waals surface area contributed by atoms with Gasteiger partial charge in [0.1, 0.15) is 5.82 Å². The van der Waals surface area contributed by atoms with Gasteiger partial charge in [0.05, 0.1) is 16.0 Å². The standard InChI is InChI=1S/C17H17N3O2/c1-2-6-17-18-15-11-14(20(21)22)9-10-16(15)19(17)12-13-7-4-3-5-8-13/h3-5,7-11H,2,6,12H2,1H3. The summed E-state index contributed by atoms with van der Waals surface area (Å²) in [6.45, 7) is 2.83. The first kappa shape index (κ1) is 14.3. The largest absolute Gasteiger partial charge is 0.323 e. The van der Waals surface area contributed by atoms with Crippen LogP contribution in [0.3, 0.4) is 0 Å². The zero-order chi connectivity index (χ0) is 15.5. The molecule has 22 heavy (non-hydrogen) atoms. The van der Waals surface area contributed by atoms with Crippen LogP contribution >= 0.6 is 0 Å². The minimum atomic E-state index is -0.380. The Kier molecular flexibility index (Phi) is 3.87. The molecule has 5 nitrogen and oxygen atoms in total. The number of nitrogens with zero attached hydrogens (tertiary/aromatic N) is 3. The van der Waals surface area contributed by atoms with E-state index in [1.54, 1.807) is 18.2 Å². The second-order valence-corrected chi connectivity index (χ2v) is 5.28. The summed E-state index contributed by atoms with van der Waals surface area (Å²) in [6, 6.07) is 15.1. The fourth-order valence-corrected chi connectivity index (χ4v) is 2.64. The molecular weight excluding hydrogens is 278 g/mol. The smallest absolute Gasteiger partial charge is 0.271 e. The number of hydrogen-bond acceptors (Lipinski definition) is 3. The van der Waals surface area contributed by atoms with Crippen LogP contribution < -0.4 is 0 Å². The molecule has 0 fully saturated rings. The first-order valence-corrected chi connectivity index (χ1v) is 7.36. The summed E-state index contributed by atoms with van der Waals surface area (Å²) in [7, 11) is 0. The van der Waals surface area contributed by atoms with Crippen LogP contribution in [0.25, 0.3) is 11.0 Å². The van der Waals surface area contributed by atoms with Crippen LogP contribution in [0.1, 0.15) is 24.7 Å². The van der Waals surface area contributed by atoms with Crippen molar-refractivity contribution >= 4 is 16.7 Å². The van der Waals surface area contributed by atoms with Crippen molar-refractivity contribution in [3.05, 3.63) is 70.0 Å². The van der Waals surface area contributed by atoms with E-state index in [1.807, 2.05) is 18.2 Å². The second-order valence-electron chi connectivity index (χ2n) is 5.28. The van der Waals surface area contributed by atoms with E-state index in [0.717, 1.165) is 30.7 Å². The molecule has 0 aliphatic rings. The molecule has 3 aromatic rings. The molecule has 0 unspecified atom stereocenters. The molecule has 0 saturated carbocycles. The topological polar surface area (TPSA) is 61.0 Å². The van der Waals surface area contributed by atoms with E-state index in [9.17, 15) is 10.1 Å². The number of nitro benzene ring substituents is 1. The van der Waals surface area contributed by atoms with Crippen molar-refractivity contribution in [1.82, 2.24) is 9.55 Å². The van der Waals surface area contributed by atoms with E-state index in [-0.39, 0.29) is 10.6 Å². The van der Waals surface area contributed by atoms with E-state index >= 15 is 0 Å². The Bertz CT molecular complexity index is 809. The first-order chi connectivity index (χ1) is 10.7. The van der Waals surface area contributed by atoms with Gasteiger partial charge < -0.3 is 4.57 Å². The predicted molar refractivity (Wildman–Crippen MR) is 85.9 cm³/mol. The summed E-state index contributed by atoms with van der Waals surface area (Å²) in [5, 5.41) is 10.9. The normalized spacial score (nSPS) is 11.0. The lowest BCUT2D eigenvalue weighted by Crippen LogP contribution is -2.05. The predicted octanol–water partition coefficient (Wildman–Crippen LogP) is 3.95. The number of rotatable bonds is 5. The van der Waals surface area contributed by atoms with Crippen LogP contribution in [-0.4, -0.2) is 14.5 Å². The molecule has 112 valence electrons. The van der Waals surface area contributed by atoms with Gasteiger partial charge in [-0.3, -0.25) is 10.1 Å². The molecule has 5 heteroatoms. The van der Waals surface area contributed by atoms with Crippen molar-refractivity contribution in [2.24, 2.45) is 0 Å². The summed E-state index contributed by atoms with van der Waals surface area (Å²) in [6.07, 6.45) is 1.84. The molecule has 0 atom stereocenters. The number of nitro groups is 1. The molecule has 0 aliphatic carbocycles. The maximum absolute atomic E-state index is 10.9. The summed E-state index contributed by atoms with van der Waals surface area (Å²) in [4.78, 5) is 15.1. The second kappa shape index (κ2) is 5.97. The van der Waals surface area contributed by atoms with Crippen LogP contribution in [0.15, 0.2) is 48.5 Å². The quantitative estimate of drug-likeness (QED) is 0.529. The molecule has 3 rings (SSSR count). The Morgan fingerprint density at radius 1 is 1.18 bits per heavy atom. The lowest BCUT2D eigenvalue weighted by molar-refractivity contribution is -0.384. The van der Waals surface area contributed by atoms with E-state index < -0.39 is 0 Å². The number of aryl methyl sites for hydroxylation is 1. The SMILES string of the molecule is CCCc1nc2cc([N+](=O)[O-])ccc2n1Cc1ccccc1. The molecule has 1 aromatic heterocycles. The van der Waals surface area contributed by atoms with Gasteiger partial charge in [-0.2, -0.15) is 0 Å². The maximum atomic E-state index is 10.9. The van der Waals surface area contributed by atoms with Gasteiger partial charge in [0.25, 0.3) is 5.69 Å². The number of fused-ring (bicyclic) bond motifs is 1. The van der Waals surface area contributed by atoms with Crippen LogP contribution in [0.5, 0.6) is 0 Å². The Morgan fingerprint density at radius 2 is 1.95 bits per heavy atom. The van der Waals surface area contributed by atoms with Crippen molar-refractivity contribution in [1.29, 1.82) is 0 Å². The van der Waals surface area contributed by atoms with Gasteiger partial charge in [0.15, 0.2) is 0 Å². The third kappa shape index (κ3) is 2.70. The van der Waals surface area contributed by atoms with Crippen molar-refractivity contribution in [2.75, 3.05) is 0 Å². The molecule has 0 bridgehead atoms. The van der Waals surface area contributed by atoms with Gasteiger partial charge in [-0.05, 0) is 18.1 Å². The molecule has 1 heterocycles. The Balaban J connectivity index is 2.09. The van der Waals surface area contributed by atoms with Gasteiger partial charge >= 0.3 is 0 Å². The first-order valence-electron chi connectivity index (χ1n) is 7.36. The Labute approximate surface area is 128 Å². The maximum Gasteiger partial charge on any atom is 0.271 e. The minimum absolute atomic E-state index is 0.0832. The zero-order valence-electron chi connectivity index (χ0n) is 12.4. The van der Waals surface area contributed by atoms with Gasteiger partial charge in [-0.15, -0.1) is 0 Å². The minimum Gasteiger partial charge on any atom is -0.323 e. The molecule has 0 saturated heterocycles. The third-order valence-electron chi connectivity index (χ3n) is 3.68. The number of imidazole rings is 1. The molecule has 0 N–H and O–H groups in total. The number of aromatic nitrogens is 2. The molecule has 2 aromatic carbocycles. The van der Waals surface area contributed by atoms with Gasteiger partial charge in [-0.1, -0.05) is 37.3 Å². The highest BCUT2D eigenvalue weighted by Gasteiger charge is 2.14. The van der Waals surface area contributed by atoms with Crippen LogP contribution in [0.2, 0.25) is 0 Å². The fourth-order valence-electron chi connectivity index (χ4n) is 2.64. The van der Waals surface area contributed by atoms with Crippen LogP contribution in [0, 0.1) is 10.1 Å². The lowest BCUT2D eigenvalue weighted by Gasteiger charge is -2.08. The van der Waals surface area contributed by atoms with Crippen molar-refractivity contribution < 1.29 is 4.92 Å². The van der Waals surface area contributed by atoms with Crippen molar-refractivity contribution in [2.45, 2.75) is 26.3 Å². The lowest BCUT2D eigenvalue weighted by atomic mass is 10.2. The molecule has 0 radical (unpaired) electrons. The Morgan fingerprint density at radius 3 is 2.64 bits per heavy atom. The molecule has 0 amide bonds. The van der Waals surface area contributed by atoms with Gasteiger partial charge in [0, 0.05) is 25.1 Å². The van der Waals surface area contributed by atoms with Crippen LogP contribution in [-0.2, 0) is 13.0 Å². The number of non-ortho nitro benzene ring substituents is 1. The van der Waals surface area contributed by atoms with Crippen LogP contribution in [0.4, 0.5) is 5.69 Å². The van der Waals surface area contributed by atoms with Crippen molar-refractivity contribution in [3.63, 3.8) is 0 Å². The van der Waals surface area contributed by atoms with Gasteiger partial charge in [-0.25, -0.2) is 4.98 Å². The molecule has 0 spiro atoms. The fraction of sp³-hybridized carbons (Fsp3) is 0.235. The number of hydrogen-bond donors (Lipinski definition) is 0. The average Bonchev–Trinajstić information content (AvgIpc) is 2.85. The van der Waals surface area contributed by atoms with Crippen molar-refractivity contribution in [3.8, 4) is 0 Å². The highest BCUT2D eigenvalue weighted by Crippen LogP contribution is 2.23. The monoisotopic (exact) mass is 295 g/mol. The highest BCUT2D eigenvalue weighted by molar-refractivity contribution is 5.79. The van der Waals surface area contributed by atoms with E-state index in [0.29, 0.717) is 5.52 Å². The zero-order valence-corrected chi connectivity index (χ0v) is 12.4. The summed E-state index contributed by atoms with van der Waals surface area (Å²) in [5.41, 5.74) is 2.91. The summed E-state index contributed by atoms with van der Waals surface area (Å²) < 4.78 is 2.15. The Hall–Kier alpha value is -2.69. The number of benzene rings is 2. The third-order valence-corrected chi connectivity index (χ3v) is 3.68. The molecule has 0 aliphatic heterocycles. The highest BCUT2D eigenvalue weighted by atomic mass is 16.6. The molecular formula is C17H17N3O2.